The van der Waals surface area contributed by atoms with Gasteiger partial charge in [0.2, 0.25) is 0 Å². The van der Waals surface area contributed by atoms with Crippen LogP contribution >= 0.6 is 11.3 Å². The van der Waals surface area contributed by atoms with E-state index < -0.39 is 0 Å². The van der Waals surface area contributed by atoms with Crippen molar-refractivity contribution in [1.82, 2.24) is 15.6 Å². The topological polar surface area (TPSA) is 97.4 Å². The molecule has 0 aliphatic heterocycles. The lowest BCUT2D eigenvalue weighted by Crippen LogP contribution is -2.34. The van der Waals surface area contributed by atoms with Crippen molar-refractivity contribution in [3.63, 3.8) is 0 Å². The van der Waals surface area contributed by atoms with Crippen LogP contribution in [0.1, 0.15) is 20.2 Å². The van der Waals surface area contributed by atoms with Gasteiger partial charge in [0.1, 0.15) is 4.88 Å². The molecule has 0 saturated heterocycles. The van der Waals surface area contributed by atoms with Gasteiger partial charge in [-0.1, -0.05) is 30.3 Å². The SMILES string of the molecule is O=C(NCCNC(=O)c1sc(-c2ccco2)nc1-c1ccccc1)c1ccco1. The van der Waals surface area contributed by atoms with Gasteiger partial charge < -0.3 is 19.5 Å². The van der Waals surface area contributed by atoms with Crippen LogP contribution in [0, 0.1) is 0 Å². The number of nitrogens with one attached hydrogen (secondary N) is 2. The van der Waals surface area contributed by atoms with Crippen LogP contribution in [-0.2, 0) is 0 Å². The minimum absolute atomic E-state index is 0.230. The van der Waals surface area contributed by atoms with Crippen LogP contribution < -0.4 is 10.6 Å². The van der Waals surface area contributed by atoms with Gasteiger partial charge in [-0.3, -0.25) is 9.59 Å². The number of nitrogens with zero attached hydrogens (tertiary/aromatic N) is 1. The van der Waals surface area contributed by atoms with Gasteiger partial charge in [0, 0.05) is 18.7 Å². The predicted octanol–water partition coefficient (Wildman–Crippen LogP) is 3.82. The zero-order chi connectivity index (χ0) is 20.1. The minimum Gasteiger partial charge on any atom is -0.462 e. The van der Waals surface area contributed by atoms with Gasteiger partial charge >= 0.3 is 0 Å². The Hall–Kier alpha value is -3.65. The van der Waals surface area contributed by atoms with E-state index >= 15 is 0 Å². The molecule has 0 unspecified atom stereocenters. The molecule has 2 N–H and O–H groups in total. The maximum Gasteiger partial charge on any atom is 0.287 e. The third kappa shape index (κ3) is 4.27. The van der Waals surface area contributed by atoms with Crippen molar-refractivity contribution in [1.29, 1.82) is 0 Å². The molecule has 3 heterocycles. The zero-order valence-electron chi connectivity index (χ0n) is 15.3. The number of thiazole rings is 1. The second kappa shape index (κ2) is 8.57. The van der Waals surface area contributed by atoms with Crippen molar-refractivity contribution in [3.8, 4) is 22.0 Å². The molecule has 7 nitrogen and oxygen atoms in total. The summed E-state index contributed by atoms with van der Waals surface area (Å²) < 4.78 is 10.5. The van der Waals surface area contributed by atoms with Gasteiger partial charge in [-0.25, -0.2) is 4.98 Å². The summed E-state index contributed by atoms with van der Waals surface area (Å²) in [6, 6.07) is 16.3. The Kier molecular flexibility index (Phi) is 5.53. The van der Waals surface area contributed by atoms with E-state index in [0.717, 1.165) is 5.56 Å². The van der Waals surface area contributed by atoms with Crippen LogP contribution in [0.3, 0.4) is 0 Å². The lowest BCUT2D eigenvalue weighted by molar-refractivity contribution is 0.0912. The van der Waals surface area contributed by atoms with Gasteiger partial charge in [0.25, 0.3) is 11.8 Å². The average molecular weight is 407 g/mol. The van der Waals surface area contributed by atoms with E-state index in [1.165, 1.54) is 17.6 Å². The molecule has 8 heteroatoms. The Morgan fingerprint density at radius 3 is 2.28 bits per heavy atom. The van der Waals surface area contributed by atoms with Crippen molar-refractivity contribution in [3.05, 3.63) is 77.8 Å². The Labute approximate surface area is 170 Å². The Balaban J connectivity index is 1.46. The Morgan fingerprint density at radius 1 is 0.862 bits per heavy atom. The highest BCUT2D eigenvalue weighted by atomic mass is 32.1. The summed E-state index contributed by atoms with van der Waals surface area (Å²) in [6.45, 7) is 0.545. The van der Waals surface area contributed by atoms with E-state index in [4.69, 9.17) is 8.83 Å². The summed E-state index contributed by atoms with van der Waals surface area (Å²) in [6.07, 6.45) is 3.00. The van der Waals surface area contributed by atoms with Crippen LogP contribution in [0.15, 0.2) is 76.0 Å². The molecular weight excluding hydrogens is 390 g/mol. The minimum atomic E-state index is -0.327. The molecule has 2 amide bonds. The molecule has 1 aromatic carbocycles. The highest BCUT2D eigenvalue weighted by Crippen LogP contribution is 2.34. The van der Waals surface area contributed by atoms with E-state index in [-0.39, 0.29) is 30.7 Å². The van der Waals surface area contributed by atoms with Crippen molar-refractivity contribution < 1.29 is 18.4 Å². The molecule has 4 rings (SSSR count). The number of rotatable bonds is 7. The van der Waals surface area contributed by atoms with Gasteiger partial charge in [-0.2, -0.15) is 0 Å². The first-order valence-electron chi connectivity index (χ1n) is 8.92. The molecule has 0 radical (unpaired) electrons. The average Bonchev–Trinajstić information content (AvgIpc) is 3.51. The van der Waals surface area contributed by atoms with Crippen LogP contribution in [0.4, 0.5) is 0 Å². The van der Waals surface area contributed by atoms with E-state index in [9.17, 15) is 9.59 Å². The molecule has 0 saturated carbocycles. The molecular formula is C21H17N3O4S. The summed E-state index contributed by atoms with van der Waals surface area (Å²) >= 11 is 1.26. The van der Waals surface area contributed by atoms with Gasteiger partial charge in [-0.15, -0.1) is 11.3 Å². The molecule has 0 aliphatic rings. The van der Waals surface area contributed by atoms with Crippen LogP contribution in [-0.4, -0.2) is 29.9 Å². The maximum atomic E-state index is 12.8. The first kappa shape index (κ1) is 18.7. The Morgan fingerprint density at radius 2 is 1.59 bits per heavy atom. The fourth-order valence-corrected chi connectivity index (χ4v) is 3.67. The summed E-state index contributed by atoms with van der Waals surface area (Å²) in [5.74, 6) is 0.253. The Bertz CT molecular complexity index is 1090. The van der Waals surface area contributed by atoms with Crippen LogP contribution in [0.2, 0.25) is 0 Å². The highest BCUT2D eigenvalue weighted by molar-refractivity contribution is 7.17. The first-order valence-corrected chi connectivity index (χ1v) is 9.74. The number of hydrogen-bond donors (Lipinski definition) is 2. The quantitative estimate of drug-likeness (QED) is 0.454. The second-order valence-corrected chi connectivity index (χ2v) is 7.03. The van der Waals surface area contributed by atoms with Gasteiger partial charge in [-0.05, 0) is 24.3 Å². The zero-order valence-corrected chi connectivity index (χ0v) is 16.1. The van der Waals surface area contributed by atoms with Crippen molar-refractivity contribution in [2.45, 2.75) is 0 Å². The normalized spacial score (nSPS) is 10.6. The van der Waals surface area contributed by atoms with E-state index in [2.05, 4.69) is 15.6 Å². The third-order valence-electron chi connectivity index (χ3n) is 4.05. The number of aromatic nitrogens is 1. The van der Waals surface area contributed by atoms with E-state index in [1.54, 1.807) is 30.5 Å². The number of furan rings is 2. The molecule has 0 spiro atoms. The molecule has 0 bridgehead atoms. The first-order chi connectivity index (χ1) is 14.2. The summed E-state index contributed by atoms with van der Waals surface area (Å²) in [4.78, 5) is 29.8. The summed E-state index contributed by atoms with van der Waals surface area (Å²) in [7, 11) is 0. The largest absolute Gasteiger partial charge is 0.462 e. The number of benzene rings is 1. The number of carbonyl (C=O) groups is 2. The van der Waals surface area contributed by atoms with Crippen molar-refractivity contribution in [2.75, 3.05) is 13.1 Å². The standard InChI is InChI=1S/C21H17N3O4S/c25-19(15-8-4-12-27-15)22-10-11-23-20(26)18-17(14-6-2-1-3-7-14)24-21(29-18)16-9-5-13-28-16/h1-9,12-13H,10-11H2,(H,22,25)(H,23,26). The maximum absolute atomic E-state index is 12.8. The fraction of sp³-hybridized carbons (Fsp3) is 0.0952. The molecule has 4 aromatic rings. The third-order valence-corrected chi connectivity index (χ3v) is 5.12. The highest BCUT2D eigenvalue weighted by Gasteiger charge is 2.21. The molecule has 3 aromatic heterocycles. The lowest BCUT2D eigenvalue weighted by atomic mass is 10.1. The molecule has 146 valence electrons. The lowest BCUT2D eigenvalue weighted by Gasteiger charge is -2.06. The second-order valence-electron chi connectivity index (χ2n) is 6.03. The number of carbonyl (C=O) groups excluding carboxylic acids is 2. The van der Waals surface area contributed by atoms with E-state index in [1.807, 2.05) is 30.3 Å². The number of amides is 2. The molecule has 0 aliphatic carbocycles. The summed E-state index contributed by atoms with van der Waals surface area (Å²) in [5.41, 5.74) is 1.44. The predicted molar refractivity (Wildman–Crippen MR) is 109 cm³/mol. The molecule has 0 fully saturated rings. The fourth-order valence-electron chi connectivity index (χ4n) is 2.70. The van der Waals surface area contributed by atoms with Gasteiger partial charge in [0.15, 0.2) is 16.5 Å². The van der Waals surface area contributed by atoms with Crippen molar-refractivity contribution in [2.24, 2.45) is 0 Å². The molecule has 0 atom stereocenters. The van der Waals surface area contributed by atoms with Crippen LogP contribution in [0.5, 0.6) is 0 Å². The van der Waals surface area contributed by atoms with E-state index in [0.29, 0.717) is 21.3 Å². The smallest absolute Gasteiger partial charge is 0.287 e. The molecule has 29 heavy (non-hydrogen) atoms. The van der Waals surface area contributed by atoms with Crippen LogP contribution in [0.25, 0.3) is 22.0 Å². The van der Waals surface area contributed by atoms with Gasteiger partial charge in [0.05, 0.1) is 18.2 Å². The van der Waals surface area contributed by atoms with Crippen molar-refractivity contribution >= 4 is 23.2 Å². The monoisotopic (exact) mass is 407 g/mol. The number of hydrogen-bond acceptors (Lipinski definition) is 6. The summed E-state index contributed by atoms with van der Waals surface area (Å²) in [5, 5.41) is 6.14.